The fraction of sp³-hybridized carbons (Fsp3) is 0.636. The van der Waals surface area contributed by atoms with Crippen molar-refractivity contribution in [3.05, 3.63) is 22.5 Å². The molecule has 78 valence electrons. The normalized spacial score (nSPS) is 15.1. The molecule has 0 saturated carbocycles. The van der Waals surface area contributed by atoms with E-state index in [0.29, 0.717) is 5.92 Å². The van der Waals surface area contributed by atoms with Crippen LogP contribution in [0, 0.1) is 0 Å². The van der Waals surface area contributed by atoms with Crippen LogP contribution in [0.2, 0.25) is 0 Å². The summed E-state index contributed by atoms with van der Waals surface area (Å²) in [4.78, 5) is 3.53. The average molecular weight is 193 g/mol. The van der Waals surface area contributed by atoms with E-state index in [1.165, 1.54) is 22.5 Å². The van der Waals surface area contributed by atoms with Crippen LogP contribution in [0.1, 0.15) is 42.3 Å². The van der Waals surface area contributed by atoms with Crippen LogP contribution in [0.15, 0.2) is 0 Å². The van der Waals surface area contributed by atoms with Crippen molar-refractivity contribution in [3.63, 3.8) is 0 Å². The molecule has 14 heavy (non-hydrogen) atoms. The number of hydrogen-bond acceptors (Lipinski definition) is 2. The van der Waals surface area contributed by atoms with Crippen molar-refractivity contribution in [3.8, 4) is 0 Å². The van der Waals surface area contributed by atoms with Gasteiger partial charge in [-0.25, -0.2) is 0 Å². The van der Waals surface area contributed by atoms with Crippen molar-refractivity contribution in [2.24, 2.45) is 5.73 Å². The molecule has 0 bridgehead atoms. The van der Waals surface area contributed by atoms with Gasteiger partial charge in [0, 0.05) is 24.5 Å². The molecular formula is C11H19N3. The first kappa shape index (κ1) is 9.74. The minimum absolute atomic E-state index is 0.571. The molecule has 0 radical (unpaired) electrons. The highest BCUT2D eigenvalue weighted by molar-refractivity contribution is 5.40. The number of nitrogens with one attached hydrogen (secondary N) is 2. The van der Waals surface area contributed by atoms with Crippen molar-refractivity contribution in [1.29, 1.82) is 0 Å². The second-order valence-electron chi connectivity index (χ2n) is 4.27. The molecule has 0 unspecified atom stereocenters. The molecule has 0 amide bonds. The van der Waals surface area contributed by atoms with Crippen LogP contribution in [-0.4, -0.2) is 11.5 Å². The Hall–Kier alpha value is -0.800. The first-order valence-electron chi connectivity index (χ1n) is 5.37. The second kappa shape index (κ2) is 3.75. The average Bonchev–Trinajstić information content (AvgIpc) is 2.67. The molecule has 3 nitrogen and oxygen atoms in total. The molecule has 0 aromatic carbocycles. The number of H-pyrrole nitrogens is 1. The molecule has 4 N–H and O–H groups in total. The monoisotopic (exact) mass is 193 g/mol. The van der Waals surface area contributed by atoms with Gasteiger partial charge >= 0.3 is 0 Å². The standard InChI is InChI=1S/C11H19N3/c1-7(2)11-8(3-4-12)9-5-13-6-10(9)14-11/h7,13-14H,3-6,12H2,1-2H3. The largest absolute Gasteiger partial charge is 0.360 e. The van der Waals surface area contributed by atoms with Gasteiger partial charge in [-0.1, -0.05) is 13.8 Å². The van der Waals surface area contributed by atoms with Crippen LogP contribution in [-0.2, 0) is 19.5 Å². The van der Waals surface area contributed by atoms with Crippen molar-refractivity contribution in [1.82, 2.24) is 10.3 Å². The van der Waals surface area contributed by atoms with Gasteiger partial charge in [0.25, 0.3) is 0 Å². The Kier molecular flexibility index (Phi) is 2.61. The highest BCUT2D eigenvalue weighted by Crippen LogP contribution is 2.28. The Labute approximate surface area is 85.1 Å². The maximum Gasteiger partial charge on any atom is 0.0363 e. The summed E-state index contributed by atoms with van der Waals surface area (Å²) in [5.74, 6) is 0.571. The summed E-state index contributed by atoms with van der Waals surface area (Å²) in [5.41, 5.74) is 11.3. The van der Waals surface area contributed by atoms with Gasteiger partial charge in [0.2, 0.25) is 0 Å². The molecule has 0 atom stereocenters. The molecule has 0 fully saturated rings. The zero-order valence-electron chi connectivity index (χ0n) is 8.98. The molecular weight excluding hydrogens is 174 g/mol. The van der Waals surface area contributed by atoms with E-state index in [0.717, 1.165) is 26.1 Å². The summed E-state index contributed by atoms with van der Waals surface area (Å²) in [6.07, 6.45) is 1.00. The number of aromatic amines is 1. The van der Waals surface area contributed by atoms with Crippen LogP contribution in [0.4, 0.5) is 0 Å². The van der Waals surface area contributed by atoms with E-state index < -0.39 is 0 Å². The third-order valence-corrected chi connectivity index (χ3v) is 2.91. The minimum Gasteiger partial charge on any atom is -0.360 e. The highest BCUT2D eigenvalue weighted by Gasteiger charge is 2.21. The predicted molar refractivity (Wildman–Crippen MR) is 58.2 cm³/mol. The van der Waals surface area contributed by atoms with Gasteiger partial charge in [0.15, 0.2) is 0 Å². The Morgan fingerprint density at radius 2 is 2.14 bits per heavy atom. The topological polar surface area (TPSA) is 53.8 Å². The second-order valence-corrected chi connectivity index (χ2v) is 4.27. The van der Waals surface area contributed by atoms with E-state index in [1.807, 2.05) is 0 Å². The molecule has 1 aliphatic rings. The van der Waals surface area contributed by atoms with E-state index in [1.54, 1.807) is 0 Å². The lowest BCUT2D eigenvalue weighted by Crippen LogP contribution is -2.09. The number of hydrogen-bond donors (Lipinski definition) is 3. The molecule has 1 aromatic heterocycles. The Bertz CT molecular complexity index is 326. The van der Waals surface area contributed by atoms with Crippen LogP contribution in [0.25, 0.3) is 0 Å². The van der Waals surface area contributed by atoms with Crippen LogP contribution < -0.4 is 11.1 Å². The number of aromatic nitrogens is 1. The molecule has 1 aliphatic heterocycles. The van der Waals surface area contributed by atoms with E-state index in [9.17, 15) is 0 Å². The molecule has 0 saturated heterocycles. The third-order valence-electron chi connectivity index (χ3n) is 2.91. The zero-order chi connectivity index (χ0) is 10.1. The Morgan fingerprint density at radius 3 is 2.79 bits per heavy atom. The summed E-state index contributed by atoms with van der Waals surface area (Å²) in [5, 5.41) is 3.36. The predicted octanol–water partition coefficient (Wildman–Crippen LogP) is 1.24. The van der Waals surface area contributed by atoms with Gasteiger partial charge in [-0.2, -0.15) is 0 Å². The summed E-state index contributed by atoms with van der Waals surface area (Å²) in [6.45, 7) is 7.19. The quantitative estimate of drug-likeness (QED) is 0.676. The lowest BCUT2D eigenvalue weighted by Gasteiger charge is -2.08. The van der Waals surface area contributed by atoms with Gasteiger partial charge in [-0.15, -0.1) is 0 Å². The fourth-order valence-corrected chi connectivity index (χ4v) is 2.26. The highest BCUT2D eigenvalue weighted by atomic mass is 14.9. The first-order chi connectivity index (χ1) is 6.74. The Balaban J connectivity index is 2.40. The molecule has 3 heteroatoms. The lowest BCUT2D eigenvalue weighted by molar-refractivity contribution is 0.726. The SMILES string of the molecule is CC(C)c1[nH]c2c(c1CCN)CNC2. The van der Waals surface area contributed by atoms with Crippen LogP contribution in [0.3, 0.4) is 0 Å². The third kappa shape index (κ3) is 1.47. The molecule has 0 aliphatic carbocycles. The smallest absolute Gasteiger partial charge is 0.0363 e. The summed E-state index contributed by atoms with van der Waals surface area (Å²) >= 11 is 0. The maximum atomic E-state index is 5.65. The molecule has 0 spiro atoms. The van der Waals surface area contributed by atoms with E-state index in [-0.39, 0.29) is 0 Å². The number of rotatable bonds is 3. The maximum absolute atomic E-state index is 5.65. The number of nitrogens with two attached hydrogens (primary N) is 1. The van der Waals surface area contributed by atoms with Gasteiger partial charge in [0.05, 0.1) is 0 Å². The van der Waals surface area contributed by atoms with E-state index >= 15 is 0 Å². The fourth-order valence-electron chi connectivity index (χ4n) is 2.26. The van der Waals surface area contributed by atoms with Crippen LogP contribution >= 0.6 is 0 Å². The number of fused-ring (bicyclic) bond motifs is 1. The molecule has 2 heterocycles. The van der Waals surface area contributed by atoms with Crippen molar-refractivity contribution >= 4 is 0 Å². The Morgan fingerprint density at radius 1 is 1.36 bits per heavy atom. The molecule has 2 rings (SSSR count). The van der Waals surface area contributed by atoms with Gasteiger partial charge in [-0.3, -0.25) is 0 Å². The van der Waals surface area contributed by atoms with E-state index in [2.05, 4.69) is 24.1 Å². The van der Waals surface area contributed by atoms with Crippen molar-refractivity contribution in [2.75, 3.05) is 6.54 Å². The van der Waals surface area contributed by atoms with Crippen molar-refractivity contribution in [2.45, 2.75) is 39.3 Å². The summed E-state index contributed by atoms with van der Waals surface area (Å²) in [6, 6.07) is 0. The van der Waals surface area contributed by atoms with Gasteiger partial charge in [-0.05, 0) is 30.0 Å². The van der Waals surface area contributed by atoms with Gasteiger partial charge in [0.1, 0.15) is 0 Å². The van der Waals surface area contributed by atoms with Gasteiger partial charge < -0.3 is 16.0 Å². The van der Waals surface area contributed by atoms with E-state index in [4.69, 9.17) is 5.73 Å². The summed E-state index contributed by atoms with van der Waals surface area (Å²) < 4.78 is 0. The zero-order valence-corrected chi connectivity index (χ0v) is 8.98. The van der Waals surface area contributed by atoms with Crippen LogP contribution in [0.5, 0.6) is 0 Å². The molecule has 1 aromatic rings. The first-order valence-corrected chi connectivity index (χ1v) is 5.37. The lowest BCUT2D eigenvalue weighted by atomic mass is 10.0. The summed E-state index contributed by atoms with van der Waals surface area (Å²) in [7, 11) is 0. The van der Waals surface area contributed by atoms with Crippen molar-refractivity contribution < 1.29 is 0 Å². The minimum atomic E-state index is 0.571.